The maximum atomic E-state index is 12.4. The molecule has 0 N–H and O–H groups in total. The first-order valence-corrected chi connectivity index (χ1v) is 6.65. The zero-order valence-corrected chi connectivity index (χ0v) is 11.7. The van der Waals surface area contributed by atoms with E-state index < -0.39 is 0 Å². The third-order valence-electron chi connectivity index (χ3n) is 3.99. The van der Waals surface area contributed by atoms with Crippen LogP contribution in [-0.2, 0) is 4.79 Å². The van der Waals surface area contributed by atoms with E-state index in [1.54, 1.807) is 0 Å². The lowest BCUT2D eigenvalue weighted by atomic mass is 9.94. The number of carbonyl (C=O) groups excluding carboxylic acids is 1. The lowest BCUT2D eigenvalue weighted by Gasteiger charge is -2.31. The standard InChI is InChI=1S/C14H27NO/c1-9(2)12(6)14(16)15-8-11(5)7-13(15)10(3)4/h9-13H,7-8H2,1-6H3/t11?,12?,13-/m0/s1. The summed E-state index contributed by atoms with van der Waals surface area (Å²) < 4.78 is 0. The molecule has 3 atom stereocenters. The van der Waals surface area contributed by atoms with E-state index in [-0.39, 0.29) is 5.92 Å². The highest BCUT2D eigenvalue weighted by molar-refractivity contribution is 5.79. The number of hydrogen-bond donors (Lipinski definition) is 0. The van der Waals surface area contributed by atoms with Gasteiger partial charge in [-0.2, -0.15) is 0 Å². The highest BCUT2D eigenvalue weighted by Gasteiger charge is 2.36. The maximum absolute atomic E-state index is 12.4. The van der Waals surface area contributed by atoms with E-state index in [2.05, 4.69) is 46.4 Å². The SMILES string of the molecule is CC1C[C@@H](C(C)C)N(C(=O)C(C)C(C)C)C1. The van der Waals surface area contributed by atoms with Crippen molar-refractivity contribution >= 4 is 5.91 Å². The molecule has 1 fully saturated rings. The van der Waals surface area contributed by atoms with E-state index >= 15 is 0 Å². The van der Waals surface area contributed by atoms with Crippen LogP contribution in [0.25, 0.3) is 0 Å². The minimum absolute atomic E-state index is 0.159. The second-order valence-corrected chi connectivity index (χ2v) is 6.18. The zero-order valence-electron chi connectivity index (χ0n) is 11.7. The second-order valence-electron chi connectivity index (χ2n) is 6.18. The molecule has 0 radical (unpaired) electrons. The molecule has 1 amide bonds. The lowest BCUT2D eigenvalue weighted by molar-refractivity contribution is -0.138. The summed E-state index contributed by atoms with van der Waals surface area (Å²) in [7, 11) is 0. The number of likely N-dealkylation sites (tertiary alicyclic amines) is 1. The summed E-state index contributed by atoms with van der Waals surface area (Å²) in [6.07, 6.45) is 1.17. The number of carbonyl (C=O) groups is 1. The molecule has 0 aromatic carbocycles. The van der Waals surface area contributed by atoms with Crippen LogP contribution in [0.2, 0.25) is 0 Å². The molecule has 1 heterocycles. The summed E-state index contributed by atoms with van der Waals surface area (Å²) in [5, 5.41) is 0. The van der Waals surface area contributed by atoms with Crippen molar-refractivity contribution < 1.29 is 4.79 Å². The van der Waals surface area contributed by atoms with E-state index in [1.165, 1.54) is 6.42 Å². The van der Waals surface area contributed by atoms with Crippen molar-refractivity contribution in [2.24, 2.45) is 23.7 Å². The third kappa shape index (κ3) is 2.78. The Bertz CT molecular complexity index is 247. The van der Waals surface area contributed by atoms with Crippen LogP contribution in [0.5, 0.6) is 0 Å². The van der Waals surface area contributed by atoms with Gasteiger partial charge < -0.3 is 4.90 Å². The summed E-state index contributed by atoms with van der Waals surface area (Å²) in [6, 6.07) is 0.462. The molecule has 1 aliphatic heterocycles. The summed E-state index contributed by atoms with van der Waals surface area (Å²) in [6.45, 7) is 14.0. The van der Waals surface area contributed by atoms with Crippen LogP contribution in [0.4, 0.5) is 0 Å². The van der Waals surface area contributed by atoms with Gasteiger partial charge in [0, 0.05) is 18.5 Å². The first-order chi connectivity index (χ1) is 7.34. The van der Waals surface area contributed by atoms with Crippen LogP contribution >= 0.6 is 0 Å². The molecule has 94 valence electrons. The summed E-state index contributed by atoms with van der Waals surface area (Å²) >= 11 is 0. The average molecular weight is 225 g/mol. The molecule has 2 nitrogen and oxygen atoms in total. The largest absolute Gasteiger partial charge is 0.339 e. The van der Waals surface area contributed by atoms with Gasteiger partial charge in [0.2, 0.25) is 5.91 Å². The predicted octanol–water partition coefficient (Wildman–Crippen LogP) is 3.17. The van der Waals surface area contributed by atoms with Crippen LogP contribution in [0.1, 0.15) is 48.0 Å². The van der Waals surface area contributed by atoms with Crippen LogP contribution in [0.3, 0.4) is 0 Å². The molecule has 0 aliphatic carbocycles. The van der Waals surface area contributed by atoms with Gasteiger partial charge in [0.1, 0.15) is 0 Å². The number of rotatable bonds is 3. The number of amides is 1. The normalized spacial score (nSPS) is 27.9. The van der Waals surface area contributed by atoms with Crippen molar-refractivity contribution in [1.29, 1.82) is 0 Å². The zero-order chi connectivity index (χ0) is 12.5. The smallest absolute Gasteiger partial charge is 0.225 e. The number of nitrogens with zero attached hydrogens (tertiary/aromatic N) is 1. The third-order valence-corrected chi connectivity index (χ3v) is 3.99. The molecule has 0 spiro atoms. The van der Waals surface area contributed by atoms with E-state index in [9.17, 15) is 4.79 Å². The van der Waals surface area contributed by atoms with Gasteiger partial charge in [-0.3, -0.25) is 4.79 Å². The molecule has 2 heteroatoms. The molecule has 2 unspecified atom stereocenters. The summed E-state index contributed by atoms with van der Waals surface area (Å²) in [5.41, 5.74) is 0. The van der Waals surface area contributed by atoms with Crippen molar-refractivity contribution in [3.05, 3.63) is 0 Å². The van der Waals surface area contributed by atoms with Crippen molar-refractivity contribution in [2.45, 2.75) is 54.0 Å². The topological polar surface area (TPSA) is 20.3 Å². The van der Waals surface area contributed by atoms with Crippen molar-refractivity contribution in [3.63, 3.8) is 0 Å². The van der Waals surface area contributed by atoms with Crippen molar-refractivity contribution in [3.8, 4) is 0 Å². The quantitative estimate of drug-likeness (QED) is 0.722. The Kier molecular flexibility index (Phi) is 4.40. The van der Waals surface area contributed by atoms with Gasteiger partial charge in [-0.1, -0.05) is 41.5 Å². The Balaban J connectivity index is 2.74. The van der Waals surface area contributed by atoms with Gasteiger partial charge in [0.25, 0.3) is 0 Å². The van der Waals surface area contributed by atoms with Gasteiger partial charge in [0.05, 0.1) is 0 Å². The Morgan fingerprint density at radius 2 is 1.75 bits per heavy atom. The molecule has 1 saturated heterocycles. The van der Waals surface area contributed by atoms with E-state index in [4.69, 9.17) is 0 Å². The number of hydrogen-bond acceptors (Lipinski definition) is 1. The van der Waals surface area contributed by atoms with Gasteiger partial charge in [0.15, 0.2) is 0 Å². The molecular formula is C14H27NO. The first-order valence-electron chi connectivity index (χ1n) is 6.65. The van der Waals surface area contributed by atoms with Crippen molar-refractivity contribution in [1.82, 2.24) is 4.90 Å². The molecular weight excluding hydrogens is 198 g/mol. The van der Waals surface area contributed by atoms with E-state index in [0.29, 0.717) is 29.7 Å². The van der Waals surface area contributed by atoms with E-state index in [0.717, 1.165) is 6.54 Å². The van der Waals surface area contributed by atoms with Crippen LogP contribution < -0.4 is 0 Å². The fraction of sp³-hybridized carbons (Fsp3) is 0.929. The minimum Gasteiger partial charge on any atom is -0.339 e. The van der Waals surface area contributed by atoms with Gasteiger partial charge in [-0.15, -0.1) is 0 Å². The fourth-order valence-corrected chi connectivity index (χ4v) is 2.52. The minimum atomic E-state index is 0.159. The summed E-state index contributed by atoms with van der Waals surface area (Å²) in [4.78, 5) is 14.5. The molecule has 0 bridgehead atoms. The fourth-order valence-electron chi connectivity index (χ4n) is 2.52. The Hall–Kier alpha value is -0.530. The average Bonchev–Trinajstić information content (AvgIpc) is 2.58. The molecule has 0 saturated carbocycles. The molecule has 0 aromatic rings. The maximum Gasteiger partial charge on any atom is 0.225 e. The van der Waals surface area contributed by atoms with Gasteiger partial charge in [-0.05, 0) is 24.2 Å². The highest BCUT2D eigenvalue weighted by atomic mass is 16.2. The van der Waals surface area contributed by atoms with Gasteiger partial charge in [-0.25, -0.2) is 0 Å². The van der Waals surface area contributed by atoms with Gasteiger partial charge >= 0.3 is 0 Å². The lowest BCUT2D eigenvalue weighted by Crippen LogP contribution is -2.42. The molecule has 1 rings (SSSR count). The van der Waals surface area contributed by atoms with Crippen molar-refractivity contribution in [2.75, 3.05) is 6.54 Å². The van der Waals surface area contributed by atoms with Crippen LogP contribution in [0, 0.1) is 23.7 Å². The monoisotopic (exact) mass is 225 g/mol. The molecule has 0 aromatic heterocycles. The molecule has 16 heavy (non-hydrogen) atoms. The Morgan fingerprint density at radius 1 is 1.19 bits per heavy atom. The Morgan fingerprint density at radius 3 is 2.19 bits per heavy atom. The second kappa shape index (κ2) is 5.20. The summed E-state index contributed by atoms with van der Waals surface area (Å²) in [5.74, 6) is 2.20. The highest BCUT2D eigenvalue weighted by Crippen LogP contribution is 2.30. The molecule has 1 aliphatic rings. The predicted molar refractivity (Wildman–Crippen MR) is 68.1 cm³/mol. The first kappa shape index (κ1) is 13.5. The van der Waals surface area contributed by atoms with Crippen LogP contribution in [-0.4, -0.2) is 23.4 Å². The van der Waals surface area contributed by atoms with E-state index in [1.807, 2.05) is 0 Å². The van der Waals surface area contributed by atoms with Crippen LogP contribution in [0.15, 0.2) is 0 Å². The Labute approximate surface area is 100 Å².